The van der Waals surface area contributed by atoms with E-state index >= 15 is 0 Å². The van der Waals surface area contributed by atoms with Gasteiger partial charge in [-0.1, -0.05) is 24.3 Å². The van der Waals surface area contributed by atoms with Gasteiger partial charge in [-0.2, -0.15) is 5.10 Å². The van der Waals surface area contributed by atoms with E-state index in [0.29, 0.717) is 22.0 Å². The van der Waals surface area contributed by atoms with Gasteiger partial charge in [-0.05, 0) is 23.8 Å². The molecule has 0 aliphatic heterocycles. The lowest BCUT2D eigenvalue weighted by atomic mass is 9.95. The number of rotatable bonds is 7. The van der Waals surface area contributed by atoms with Crippen molar-refractivity contribution in [1.82, 2.24) is 20.1 Å². The summed E-state index contributed by atoms with van der Waals surface area (Å²) < 4.78 is 39.6. The van der Waals surface area contributed by atoms with Gasteiger partial charge < -0.3 is 14.8 Å². The van der Waals surface area contributed by atoms with Crippen LogP contribution in [0.2, 0.25) is 0 Å². The van der Waals surface area contributed by atoms with Gasteiger partial charge in [-0.15, -0.1) is 0 Å². The fourth-order valence-corrected chi connectivity index (χ4v) is 4.04. The summed E-state index contributed by atoms with van der Waals surface area (Å²) in [6.07, 6.45) is 2.89. The fraction of sp³-hybridized carbons (Fsp3) is 0.192. The number of hydrogen-bond donors (Lipinski definition) is 1. The van der Waals surface area contributed by atoms with Gasteiger partial charge in [0.15, 0.2) is 5.75 Å². The van der Waals surface area contributed by atoms with Crippen molar-refractivity contribution in [3.63, 3.8) is 0 Å². The van der Waals surface area contributed by atoms with Gasteiger partial charge in [0, 0.05) is 30.6 Å². The average molecular weight is 508 g/mol. The molecule has 0 fully saturated rings. The highest BCUT2D eigenvalue weighted by Crippen LogP contribution is 2.33. The summed E-state index contributed by atoms with van der Waals surface area (Å²) in [5, 5.41) is 6.93. The molecule has 1 amide bonds. The van der Waals surface area contributed by atoms with Crippen LogP contribution >= 0.6 is 0 Å². The number of carbonyl (C=O) groups is 2. The van der Waals surface area contributed by atoms with E-state index in [4.69, 9.17) is 9.47 Å². The number of nitrogens with one attached hydrogen (secondary N) is 1. The molecule has 0 aliphatic rings. The summed E-state index contributed by atoms with van der Waals surface area (Å²) in [6.45, 7) is 0. The van der Waals surface area contributed by atoms with Crippen molar-refractivity contribution < 1.29 is 27.8 Å². The maximum absolute atomic E-state index is 14.1. The summed E-state index contributed by atoms with van der Waals surface area (Å²) >= 11 is 0. The molecule has 0 saturated carbocycles. The number of nitrogens with zero attached hydrogens (tertiary/aromatic N) is 3. The lowest BCUT2D eigenvalue weighted by molar-refractivity contribution is -0.142. The van der Waals surface area contributed by atoms with Crippen LogP contribution in [0.25, 0.3) is 22.0 Å². The maximum Gasteiger partial charge on any atom is 0.328 e. The van der Waals surface area contributed by atoms with Crippen molar-refractivity contribution in [2.24, 2.45) is 7.05 Å². The molecule has 2 heterocycles. The first-order valence-electron chi connectivity index (χ1n) is 11.1. The van der Waals surface area contributed by atoms with Gasteiger partial charge in [0.05, 0.1) is 31.5 Å². The minimum absolute atomic E-state index is 0.0809. The zero-order valence-corrected chi connectivity index (χ0v) is 20.1. The smallest absolute Gasteiger partial charge is 0.328 e. The monoisotopic (exact) mass is 508 g/mol. The Morgan fingerprint density at radius 2 is 1.81 bits per heavy atom. The molecule has 9 nitrogen and oxygen atoms in total. The van der Waals surface area contributed by atoms with Gasteiger partial charge >= 0.3 is 5.97 Å². The molecular formula is C26H22F2N4O5. The predicted octanol–water partition coefficient (Wildman–Crippen LogP) is 2.80. The molecular weight excluding hydrogens is 486 g/mol. The van der Waals surface area contributed by atoms with Gasteiger partial charge in [0.2, 0.25) is 0 Å². The van der Waals surface area contributed by atoms with Crippen molar-refractivity contribution in [3.8, 4) is 16.9 Å². The molecule has 4 aromatic rings. The van der Waals surface area contributed by atoms with Gasteiger partial charge in [-0.25, -0.2) is 18.3 Å². The molecule has 190 valence electrons. The summed E-state index contributed by atoms with van der Waals surface area (Å²) in [7, 11) is 4.07. The number of ether oxygens (including phenoxy) is 2. The summed E-state index contributed by atoms with van der Waals surface area (Å²) in [4.78, 5) is 42.6. The first-order chi connectivity index (χ1) is 17.8. The van der Waals surface area contributed by atoms with Crippen LogP contribution in [0.4, 0.5) is 8.78 Å². The van der Waals surface area contributed by atoms with Crippen molar-refractivity contribution in [2.45, 2.75) is 12.5 Å². The van der Waals surface area contributed by atoms with E-state index in [1.807, 2.05) is 0 Å². The third-order valence-corrected chi connectivity index (χ3v) is 5.86. The molecule has 0 radical (unpaired) electrons. The van der Waals surface area contributed by atoms with Gasteiger partial charge in [0.1, 0.15) is 23.2 Å². The lowest BCUT2D eigenvalue weighted by Crippen LogP contribution is -2.43. The number of aryl methyl sites for hydroxylation is 1. The number of benzene rings is 2. The highest BCUT2D eigenvalue weighted by molar-refractivity contribution is 5.99. The van der Waals surface area contributed by atoms with E-state index in [1.54, 1.807) is 30.5 Å². The second-order valence-electron chi connectivity index (χ2n) is 8.04. The van der Waals surface area contributed by atoms with Crippen LogP contribution in [0.3, 0.4) is 0 Å². The third kappa shape index (κ3) is 4.88. The second-order valence-corrected chi connectivity index (χ2v) is 8.04. The Bertz CT molecular complexity index is 1550. The second kappa shape index (κ2) is 10.5. The standard InChI is InChI=1S/C26H22F2N4O5/c1-32-25(34)21(20(36-2)13-30-32)16-10-9-14(15-6-5-11-29-23(15)16)12-19(26(35)37-3)31-24(33)22-17(27)7-4-8-18(22)28/h4-11,13,19H,12H2,1-3H3,(H,31,33)/t19-/m0/s1. The molecule has 37 heavy (non-hydrogen) atoms. The molecule has 2 aromatic heterocycles. The normalized spacial score (nSPS) is 11.7. The molecule has 2 aromatic carbocycles. The van der Waals surface area contributed by atoms with Crippen molar-refractivity contribution in [3.05, 3.63) is 88.0 Å². The van der Waals surface area contributed by atoms with Crippen LogP contribution in [0.1, 0.15) is 15.9 Å². The molecule has 0 unspecified atom stereocenters. The Balaban J connectivity index is 1.77. The van der Waals surface area contributed by atoms with Crippen molar-refractivity contribution in [2.75, 3.05) is 14.2 Å². The van der Waals surface area contributed by atoms with E-state index in [-0.39, 0.29) is 17.7 Å². The average Bonchev–Trinajstić information content (AvgIpc) is 2.89. The highest BCUT2D eigenvalue weighted by atomic mass is 19.1. The SMILES string of the molecule is COC(=O)[C@H](Cc1ccc(-c2c(OC)cnn(C)c2=O)c2ncccc12)NC(=O)c1c(F)cccc1F. The van der Waals surface area contributed by atoms with E-state index in [9.17, 15) is 23.2 Å². The number of methoxy groups -OCH3 is 2. The largest absolute Gasteiger partial charge is 0.494 e. The van der Waals surface area contributed by atoms with Crippen LogP contribution in [0.15, 0.2) is 59.7 Å². The van der Waals surface area contributed by atoms with Crippen LogP contribution in [0, 0.1) is 11.6 Å². The number of pyridine rings is 1. The Morgan fingerprint density at radius 3 is 2.49 bits per heavy atom. The number of halogens is 2. The minimum Gasteiger partial charge on any atom is -0.494 e. The molecule has 0 aliphatic carbocycles. The van der Waals surface area contributed by atoms with Crippen LogP contribution in [0.5, 0.6) is 5.75 Å². The highest BCUT2D eigenvalue weighted by Gasteiger charge is 2.27. The Hall–Kier alpha value is -4.67. The minimum atomic E-state index is -1.27. The van der Waals surface area contributed by atoms with Crippen molar-refractivity contribution >= 4 is 22.8 Å². The van der Waals surface area contributed by atoms with Gasteiger partial charge in [-0.3, -0.25) is 14.6 Å². The van der Waals surface area contributed by atoms with E-state index in [0.717, 1.165) is 25.3 Å². The lowest BCUT2D eigenvalue weighted by Gasteiger charge is -2.19. The number of amides is 1. The first-order valence-corrected chi connectivity index (χ1v) is 11.1. The number of hydrogen-bond acceptors (Lipinski definition) is 7. The molecule has 4 rings (SSSR count). The summed E-state index contributed by atoms with van der Waals surface area (Å²) in [6, 6.07) is 8.49. The number of fused-ring (bicyclic) bond motifs is 1. The number of esters is 1. The van der Waals surface area contributed by atoms with E-state index in [2.05, 4.69) is 15.4 Å². The first kappa shape index (κ1) is 25.4. The molecule has 1 N–H and O–H groups in total. The number of carbonyl (C=O) groups excluding carboxylic acids is 2. The van der Waals surface area contributed by atoms with Crippen LogP contribution < -0.4 is 15.6 Å². The molecule has 0 saturated heterocycles. The van der Waals surface area contributed by atoms with Crippen LogP contribution in [-0.2, 0) is 23.0 Å². The zero-order chi connectivity index (χ0) is 26.7. The summed E-state index contributed by atoms with van der Waals surface area (Å²) in [5.74, 6) is -3.78. The number of aromatic nitrogens is 3. The third-order valence-electron chi connectivity index (χ3n) is 5.86. The fourth-order valence-electron chi connectivity index (χ4n) is 4.04. The van der Waals surface area contributed by atoms with E-state index in [1.165, 1.54) is 25.0 Å². The zero-order valence-electron chi connectivity index (χ0n) is 20.1. The Kier molecular flexibility index (Phi) is 7.23. The Morgan fingerprint density at radius 1 is 1.08 bits per heavy atom. The predicted molar refractivity (Wildman–Crippen MR) is 130 cm³/mol. The van der Waals surface area contributed by atoms with Crippen molar-refractivity contribution in [1.29, 1.82) is 0 Å². The molecule has 0 spiro atoms. The van der Waals surface area contributed by atoms with Gasteiger partial charge in [0.25, 0.3) is 11.5 Å². The van der Waals surface area contributed by atoms with E-state index < -0.39 is 40.7 Å². The summed E-state index contributed by atoms with van der Waals surface area (Å²) in [5.41, 5.74) is 0.539. The Labute approximate surface area is 209 Å². The molecule has 11 heteroatoms. The molecule has 1 atom stereocenters. The quantitative estimate of drug-likeness (QED) is 0.382. The van der Waals surface area contributed by atoms with Crippen LogP contribution in [-0.4, -0.2) is 46.9 Å². The maximum atomic E-state index is 14.1. The molecule has 0 bridgehead atoms. The topological polar surface area (TPSA) is 112 Å².